The second-order valence-corrected chi connectivity index (χ2v) is 5.96. The van der Waals surface area contributed by atoms with Crippen molar-refractivity contribution >= 4 is 5.91 Å². The summed E-state index contributed by atoms with van der Waals surface area (Å²) in [5.41, 5.74) is 2.12. The summed E-state index contributed by atoms with van der Waals surface area (Å²) < 4.78 is 19.9. The van der Waals surface area contributed by atoms with Gasteiger partial charge in [-0.2, -0.15) is 0 Å². The predicted molar refractivity (Wildman–Crippen MR) is 94.5 cm³/mol. The highest BCUT2D eigenvalue weighted by atomic mass is 19.1. The lowest BCUT2D eigenvalue weighted by molar-refractivity contribution is -0.121. The number of ether oxygens (including phenoxy) is 1. The Bertz CT molecular complexity index is 815. The summed E-state index contributed by atoms with van der Waals surface area (Å²) in [6, 6.07) is 8.06. The fourth-order valence-corrected chi connectivity index (χ4v) is 2.62. The van der Waals surface area contributed by atoms with Crippen LogP contribution in [0.1, 0.15) is 23.2 Å². The van der Waals surface area contributed by atoms with Crippen LogP contribution in [0.4, 0.5) is 4.39 Å². The van der Waals surface area contributed by atoms with E-state index in [4.69, 9.17) is 4.74 Å². The van der Waals surface area contributed by atoms with Gasteiger partial charge in [0, 0.05) is 31.3 Å². The monoisotopic (exact) mass is 346 g/mol. The van der Waals surface area contributed by atoms with Crippen LogP contribution in [-0.4, -0.2) is 24.1 Å². The van der Waals surface area contributed by atoms with E-state index in [1.165, 1.54) is 19.2 Å². The van der Waals surface area contributed by atoms with Crippen molar-refractivity contribution in [1.82, 2.24) is 9.88 Å². The van der Waals surface area contributed by atoms with Crippen molar-refractivity contribution in [2.24, 2.45) is 0 Å². The zero-order valence-electron chi connectivity index (χ0n) is 14.8. The molecule has 1 N–H and O–H groups in total. The van der Waals surface area contributed by atoms with Crippen LogP contribution >= 0.6 is 0 Å². The molecule has 0 aliphatic carbocycles. The molecule has 2 aromatic rings. The van der Waals surface area contributed by atoms with Gasteiger partial charge in [0.05, 0.1) is 7.11 Å². The Labute approximate surface area is 146 Å². The van der Waals surface area contributed by atoms with E-state index in [0.29, 0.717) is 37.2 Å². The van der Waals surface area contributed by atoms with Crippen molar-refractivity contribution in [3.05, 3.63) is 63.3 Å². The summed E-state index contributed by atoms with van der Waals surface area (Å²) in [6.07, 6.45) is 0.871. The number of methoxy groups -OCH3 is 1. The Morgan fingerprint density at radius 2 is 2.00 bits per heavy atom. The number of rotatable bonds is 7. The normalized spacial score (nSPS) is 10.6. The Morgan fingerprint density at radius 1 is 1.24 bits per heavy atom. The summed E-state index contributed by atoms with van der Waals surface area (Å²) in [5.74, 6) is 0.187. The molecule has 0 bridgehead atoms. The van der Waals surface area contributed by atoms with Crippen molar-refractivity contribution in [1.29, 1.82) is 0 Å². The SMILES string of the molecule is COc1cc(C)n(CCNC(=O)CCc2ccc(F)c(C)c2)c(=O)c1. The van der Waals surface area contributed by atoms with Gasteiger partial charge in [0.25, 0.3) is 5.56 Å². The molecule has 1 amide bonds. The van der Waals surface area contributed by atoms with E-state index in [2.05, 4.69) is 5.32 Å². The average Bonchev–Trinajstić information content (AvgIpc) is 2.58. The van der Waals surface area contributed by atoms with Crippen molar-refractivity contribution in [3.8, 4) is 5.75 Å². The van der Waals surface area contributed by atoms with E-state index in [1.54, 1.807) is 29.7 Å². The molecule has 0 atom stereocenters. The van der Waals surface area contributed by atoms with Gasteiger partial charge in [-0.3, -0.25) is 9.59 Å². The minimum absolute atomic E-state index is 0.0961. The number of nitrogens with zero attached hydrogens (tertiary/aromatic N) is 1. The molecule has 0 radical (unpaired) electrons. The first-order chi connectivity index (χ1) is 11.9. The van der Waals surface area contributed by atoms with Gasteiger partial charge in [-0.15, -0.1) is 0 Å². The molecule has 1 aromatic carbocycles. The highest BCUT2D eigenvalue weighted by molar-refractivity contribution is 5.76. The minimum Gasteiger partial charge on any atom is -0.496 e. The van der Waals surface area contributed by atoms with Gasteiger partial charge in [0.1, 0.15) is 11.6 Å². The predicted octanol–water partition coefficient (Wildman–Crippen LogP) is 2.36. The lowest BCUT2D eigenvalue weighted by atomic mass is 10.1. The van der Waals surface area contributed by atoms with Crippen molar-refractivity contribution in [3.63, 3.8) is 0 Å². The number of nitrogens with one attached hydrogen (secondary N) is 1. The summed E-state index contributed by atoms with van der Waals surface area (Å²) >= 11 is 0. The van der Waals surface area contributed by atoms with Crippen LogP contribution in [0.5, 0.6) is 5.75 Å². The van der Waals surface area contributed by atoms with Crippen LogP contribution in [-0.2, 0) is 17.8 Å². The van der Waals surface area contributed by atoms with Gasteiger partial charge >= 0.3 is 0 Å². The smallest absolute Gasteiger partial charge is 0.254 e. The van der Waals surface area contributed by atoms with Gasteiger partial charge in [-0.05, 0) is 43.5 Å². The Morgan fingerprint density at radius 3 is 2.64 bits per heavy atom. The maximum atomic E-state index is 13.2. The summed E-state index contributed by atoms with van der Waals surface area (Å²) in [6.45, 7) is 4.29. The Balaban J connectivity index is 1.82. The number of carbonyl (C=O) groups is 1. The summed E-state index contributed by atoms with van der Waals surface area (Å²) in [5, 5.41) is 2.81. The Hall–Kier alpha value is -2.63. The molecule has 0 saturated heterocycles. The molecule has 25 heavy (non-hydrogen) atoms. The molecule has 0 unspecified atom stereocenters. The summed E-state index contributed by atoms with van der Waals surface area (Å²) in [7, 11) is 1.52. The Kier molecular flexibility index (Phi) is 6.33. The molecular weight excluding hydrogens is 323 g/mol. The van der Waals surface area contributed by atoms with E-state index in [1.807, 2.05) is 6.92 Å². The number of amides is 1. The molecule has 1 aromatic heterocycles. The van der Waals surface area contributed by atoms with Gasteiger partial charge in [-0.1, -0.05) is 12.1 Å². The van der Waals surface area contributed by atoms with E-state index in [9.17, 15) is 14.0 Å². The maximum Gasteiger partial charge on any atom is 0.254 e. The van der Waals surface area contributed by atoms with Crippen LogP contribution in [0, 0.1) is 19.7 Å². The zero-order valence-corrected chi connectivity index (χ0v) is 14.8. The maximum absolute atomic E-state index is 13.2. The van der Waals surface area contributed by atoms with Crippen LogP contribution in [0.2, 0.25) is 0 Å². The molecule has 2 rings (SSSR count). The molecule has 0 aliphatic rings. The van der Waals surface area contributed by atoms with Crippen LogP contribution < -0.4 is 15.6 Å². The first kappa shape index (κ1) is 18.7. The molecule has 6 heteroatoms. The molecule has 134 valence electrons. The number of carbonyl (C=O) groups excluding carboxylic acids is 1. The highest BCUT2D eigenvalue weighted by Crippen LogP contribution is 2.11. The van der Waals surface area contributed by atoms with Crippen molar-refractivity contribution in [2.45, 2.75) is 33.2 Å². The molecular formula is C19H23FN2O3. The number of hydrogen-bond donors (Lipinski definition) is 1. The number of hydrogen-bond acceptors (Lipinski definition) is 3. The largest absolute Gasteiger partial charge is 0.496 e. The second-order valence-electron chi connectivity index (χ2n) is 5.96. The minimum atomic E-state index is -0.242. The zero-order chi connectivity index (χ0) is 18.4. The molecule has 5 nitrogen and oxygen atoms in total. The third kappa shape index (κ3) is 5.17. The fourth-order valence-electron chi connectivity index (χ4n) is 2.62. The molecule has 0 saturated carbocycles. The lowest BCUT2D eigenvalue weighted by Crippen LogP contribution is -2.31. The first-order valence-electron chi connectivity index (χ1n) is 8.18. The van der Waals surface area contributed by atoms with E-state index < -0.39 is 0 Å². The number of pyridine rings is 1. The number of halogens is 1. The molecule has 0 spiro atoms. The lowest BCUT2D eigenvalue weighted by Gasteiger charge is -2.12. The van der Waals surface area contributed by atoms with Gasteiger partial charge < -0.3 is 14.6 Å². The van der Waals surface area contributed by atoms with Crippen molar-refractivity contribution in [2.75, 3.05) is 13.7 Å². The topological polar surface area (TPSA) is 60.3 Å². The summed E-state index contributed by atoms with van der Waals surface area (Å²) in [4.78, 5) is 23.9. The first-order valence-corrected chi connectivity index (χ1v) is 8.18. The number of benzene rings is 1. The van der Waals surface area contributed by atoms with Gasteiger partial charge in [0.2, 0.25) is 5.91 Å². The fraction of sp³-hybridized carbons (Fsp3) is 0.368. The van der Waals surface area contributed by atoms with Crippen LogP contribution in [0.15, 0.2) is 35.1 Å². The van der Waals surface area contributed by atoms with E-state index in [-0.39, 0.29) is 17.3 Å². The molecule has 0 aliphatic heterocycles. The van der Waals surface area contributed by atoms with Gasteiger partial charge in [-0.25, -0.2) is 4.39 Å². The number of aromatic nitrogens is 1. The quantitative estimate of drug-likeness (QED) is 0.837. The standard InChI is InChI=1S/C19H23FN2O3/c1-13-10-15(4-6-17(13)20)5-7-18(23)21-8-9-22-14(2)11-16(25-3)12-19(22)24/h4,6,10-12H,5,7-9H2,1-3H3,(H,21,23). The third-order valence-electron chi connectivity index (χ3n) is 4.07. The molecule has 0 fully saturated rings. The van der Waals surface area contributed by atoms with Crippen molar-refractivity contribution < 1.29 is 13.9 Å². The average molecular weight is 346 g/mol. The van der Waals surface area contributed by atoms with E-state index in [0.717, 1.165) is 11.3 Å². The third-order valence-corrected chi connectivity index (χ3v) is 4.07. The van der Waals surface area contributed by atoms with Gasteiger partial charge in [0.15, 0.2) is 0 Å². The second kappa shape index (κ2) is 8.46. The van der Waals surface area contributed by atoms with E-state index >= 15 is 0 Å². The number of aryl methyl sites for hydroxylation is 3. The van der Waals surface area contributed by atoms with Crippen LogP contribution in [0.3, 0.4) is 0 Å². The molecule has 1 heterocycles. The van der Waals surface area contributed by atoms with Crippen LogP contribution in [0.25, 0.3) is 0 Å². The highest BCUT2D eigenvalue weighted by Gasteiger charge is 2.06.